The van der Waals surface area contributed by atoms with E-state index < -0.39 is 5.97 Å². The Labute approximate surface area is 93.3 Å². The monoisotopic (exact) mass is 225 g/mol. The largest absolute Gasteiger partial charge is 0.472 e. The molecule has 0 fully saturated rings. The summed E-state index contributed by atoms with van der Waals surface area (Å²) in [7, 11) is 0. The molecule has 2 rings (SSSR count). The van der Waals surface area contributed by atoms with Gasteiger partial charge in [0.25, 0.3) is 0 Å². The first-order chi connectivity index (χ1) is 7.74. The van der Waals surface area contributed by atoms with Crippen molar-refractivity contribution in [3.8, 4) is 5.88 Å². The van der Waals surface area contributed by atoms with E-state index in [0.717, 1.165) is 6.42 Å². The lowest BCUT2D eigenvalue weighted by atomic mass is 10.2. The highest BCUT2D eigenvalue weighted by molar-refractivity contribution is 5.87. The van der Waals surface area contributed by atoms with Crippen LogP contribution in [0.3, 0.4) is 0 Å². The lowest BCUT2D eigenvalue weighted by Gasteiger charge is -2.06. The minimum absolute atomic E-state index is 0.0729. The van der Waals surface area contributed by atoms with Gasteiger partial charge >= 0.3 is 5.97 Å². The molecule has 6 heteroatoms. The molecule has 1 aliphatic rings. The standard InChI is InChI=1S/C10H15N3O3/c1-2-15-10(14)8-5-9-13(12-8)6-7(16-9)3-4-11/h5,7H,2-4,6,11H2,1H3. The van der Waals surface area contributed by atoms with Crippen LogP contribution >= 0.6 is 0 Å². The summed E-state index contributed by atoms with van der Waals surface area (Å²) in [6.45, 7) is 3.33. The Morgan fingerprint density at radius 2 is 2.62 bits per heavy atom. The van der Waals surface area contributed by atoms with Gasteiger partial charge in [0.2, 0.25) is 5.88 Å². The average molecular weight is 225 g/mol. The highest BCUT2D eigenvalue weighted by Gasteiger charge is 2.26. The van der Waals surface area contributed by atoms with Crippen LogP contribution in [-0.4, -0.2) is 35.0 Å². The zero-order valence-corrected chi connectivity index (χ0v) is 9.18. The third-order valence-corrected chi connectivity index (χ3v) is 2.38. The maximum Gasteiger partial charge on any atom is 0.358 e. The van der Waals surface area contributed by atoms with Gasteiger partial charge in [-0.2, -0.15) is 5.10 Å². The number of hydrogen-bond donors (Lipinski definition) is 1. The van der Waals surface area contributed by atoms with Crippen LogP contribution in [0.2, 0.25) is 0 Å². The van der Waals surface area contributed by atoms with Crippen LogP contribution in [0.5, 0.6) is 5.88 Å². The van der Waals surface area contributed by atoms with E-state index in [0.29, 0.717) is 31.3 Å². The van der Waals surface area contributed by atoms with Gasteiger partial charge in [-0.15, -0.1) is 0 Å². The maximum absolute atomic E-state index is 11.4. The average Bonchev–Trinajstić information content (AvgIpc) is 2.76. The summed E-state index contributed by atoms with van der Waals surface area (Å²) in [4.78, 5) is 11.4. The molecule has 0 amide bonds. The van der Waals surface area contributed by atoms with Gasteiger partial charge in [0.15, 0.2) is 5.69 Å². The van der Waals surface area contributed by atoms with Gasteiger partial charge in [-0.3, -0.25) is 0 Å². The molecular formula is C10H15N3O3. The molecule has 1 unspecified atom stereocenters. The quantitative estimate of drug-likeness (QED) is 0.739. The molecule has 0 saturated carbocycles. The minimum Gasteiger partial charge on any atom is -0.472 e. The van der Waals surface area contributed by atoms with Gasteiger partial charge in [0.05, 0.1) is 13.2 Å². The SMILES string of the molecule is CCOC(=O)c1cc2n(n1)CC(CCN)O2. The van der Waals surface area contributed by atoms with Crippen LogP contribution in [0.4, 0.5) is 0 Å². The fourth-order valence-corrected chi connectivity index (χ4v) is 1.67. The molecule has 0 saturated heterocycles. The van der Waals surface area contributed by atoms with Crippen molar-refractivity contribution in [2.75, 3.05) is 13.2 Å². The predicted octanol–water partition coefficient (Wildman–Crippen LogP) is 0.170. The summed E-state index contributed by atoms with van der Waals surface area (Å²) in [5, 5.41) is 4.12. The van der Waals surface area contributed by atoms with E-state index in [2.05, 4.69) is 5.10 Å². The van der Waals surface area contributed by atoms with Crippen molar-refractivity contribution in [3.63, 3.8) is 0 Å². The first-order valence-corrected chi connectivity index (χ1v) is 5.36. The molecule has 0 radical (unpaired) electrons. The summed E-state index contributed by atoms with van der Waals surface area (Å²) in [6.07, 6.45) is 0.863. The normalized spacial score (nSPS) is 18.0. The first kappa shape index (κ1) is 10.9. The van der Waals surface area contributed by atoms with Gasteiger partial charge in [-0.25, -0.2) is 9.48 Å². The topological polar surface area (TPSA) is 79.4 Å². The number of carbonyl (C=O) groups is 1. The van der Waals surface area contributed by atoms with E-state index in [9.17, 15) is 4.79 Å². The van der Waals surface area contributed by atoms with E-state index in [-0.39, 0.29) is 6.10 Å². The second-order valence-corrected chi connectivity index (χ2v) is 3.59. The van der Waals surface area contributed by atoms with Crippen molar-refractivity contribution < 1.29 is 14.3 Å². The van der Waals surface area contributed by atoms with Crippen molar-refractivity contribution in [1.82, 2.24) is 9.78 Å². The van der Waals surface area contributed by atoms with E-state index in [4.69, 9.17) is 15.2 Å². The lowest BCUT2D eigenvalue weighted by molar-refractivity contribution is 0.0517. The van der Waals surface area contributed by atoms with Crippen LogP contribution in [0.25, 0.3) is 0 Å². The van der Waals surface area contributed by atoms with Crippen molar-refractivity contribution in [2.24, 2.45) is 5.73 Å². The molecule has 6 nitrogen and oxygen atoms in total. The van der Waals surface area contributed by atoms with Crippen molar-refractivity contribution in [1.29, 1.82) is 0 Å². The first-order valence-electron chi connectivity index (χ1n) is 5.36. The molecule has 0 aliphatic carbocycles. The summed E-state index contributed by atoms with van der Waals surface area (Å²) < 4.78 is 12.1. The number of fused-ring (bicyclic) bond motifs is 1. The van der Waals surface area contributed by atoms with Crippen LogP contribution < -0.4 is 10.5 Å². The van der Waals surface area contributed by atoms with E-state index in [1.54, 1.807) is 17.7 Å². The highest BCUT2D eigenvalue weighted by Crippen LogP contribution is 2.24. The van der Waals surface area contributed by atoms with E-state index >= 15 is 0 Å². The Hall–Kier alpha value is -1.56. The zero-order valence-electron chi connectivity index (χ0n) is 9.18. The molecule has 88 valence electrons. The maximum atomic E-state index is 11.4. The fraction of sp³-hybridized carbons (Fsp3) is 0.600. The predicted molar refractivity (Wildman–Crippen MR) is 56.3 cm³/mol. The molecule has 0 aromatic carbocycles. The number of nitrogens with zero attached hydrogens (tertiary/aromatic N) is 2. The molecule has 0 bridgehead atoms. The summed E-state index contributed by atoms with van der Waals surface area (Å²) in [6, 6.07) is 1.61. The van der Waals surface area contributed by atoms with Crippen molar-refractivity contribution >= 4 is 5.97 Å². The van der Waals surface area contributed by atoms with E-state index in [1.807, 2.05) is 0 Å². The van der Waals surface area contributed by atoms with Gasteiger partial charge in [-0.1, -0.05) is 0 Å². The van der Waals surface area contributed by atoms with Gasteiger partial charge in [0, 0.05) is 6.07 Å². The summed E-state index contributed by atoms with van der Waals surface area (Å²) >= 11 is 0. The highest BCUT2D eigenvalue weighted by atomic mass is 16.5. The molecule has 1 aromatic rings. The Bertz CT molecular complexity index is 365. The van der Waals surface area contributed by atoms with Gasteiger partial charge in [0.1, 0.15) is 6.10 Å². The Morgan fingerprint density at radius 1 is 1.81 bits per heavy atom. The Kier molecular flexibility index (Phi) is 3.09. The molecule has 1 aromatic heterocycles. The molecule has 16 heavy (non-hydrogen) atoms. The van der Waals surface area contributed by atoms with Crippen molar-refractivity contribution in [2.45, 2.75) is 26.0 Å². The number of nitrogens with two attached hydrogens (primary N) is 1. The van der Waals surface area contributed by atoms with E-state index in [1.165, 1.54) is 0 Å². The number of rotatable bonds is 4. The second-order valence-electron chi connectivity index (χ2n) is 3.59. The van der Waals surface area contributed by atoms with Crippen LogP contribution in [0.1, 0.15) is 23.8 Å². The molecule has 2 N–H and O–H groups in total. The molecular weight excluding hydrogens is 210 g/mol. The molecule has 0 spiro atoms. The summed E-state index contributed by atoms with van der Waals surface area (Å²) in [5.74, 6) is 0.199. The van der Waals surface area contributed by atoms with Crippen LogP contribution in [0.15, 0.2) is 6.07 Å². The van der Waals surface area contributed by atoms with Crippen molar-refractivity contribution in [3.05, 3.63) is 11.8 Å². The zero-order chi connectivity index (χ0) is 11.5. The number of esters is 1. The Morgan fingerprint density at radius 3 is 3.25 bits per heavy atom. The number of hydrogen-bond acceptors (Lipinski definition) is 5. The lowest BCUT2D eigenvalue weighted by Crippen LogP contribution is -2.20. The van der Waals surface area contributed by atoms with Crippen LogP contribution in [0, 0.1) is 0 Å². The molecule has 1 aliphatic heterocycles. The fourth-order valence-electron chi connectivity index (χ4n) is 1.67. The Balaban J connectivity index is 2.04. The third kappa shape index (κ3) is 2.01. The van der Waals surface area contributed by atoms with Gasteiger partial charge in [-0.05, 0) is 19.9 Å². The number of carbonyl (C=O) groups excluding carboxylic acids is 1. The van der Waals surface area contributed by atoms with Crippen LogP contribution in [-0.2, 0) is 11.3 Å². The smallest absolute Gasteiger partial charge is 0.358 e. The van der Waals surface area contributed by atoms with Gasteiger partial charge < -0.3 is 15.2 Å². The third-order valence-electron chi connectivity index (χ3n) is 2.38. The second kappa shape index (κ2) is 4.52. The summed E-state index contributed by atoms with van der Waals surface area (Å²) in [5.41, 5.74) is 5.74. The molecule has 1 atom stereocenters. The minimum atomic E-state index is -0.414. The molecule has 2 heterocycles. The number of ether oxygens (including phenoxy) is 2. The number of aromatic nitrogens is 2.